The molecule has 2 saturated heterocycles. The van der Waals surface area contributed by atoms with Crippen molar-refractivity contribution in [3.8, 4) is 16.9 Å². The Morgan fingerprint density at radius 2 is 1.79 bits per heavy atom. The summed E-state index contributed by atoms with van der Waals surface area (Å²) in [5.41, 5.74) is 1.21. The molecule has 2 fully saturated rings. The highest BCUT2D eigenvalue weighted by atomic mass is 19.1. The average Bonchev–Trinajstić information content (AvgIpc) is 2.82. The summed E-state index contributed by atoms with van der Waals surface area (Å²) >= 11 is 0. The summed E-state index contributed by atoms with van der Waals surface area (Å²) in [4.78, 5) is 28.6. The minimum atomic E-state index is -1.16. The molecule has 182 valence electrons. The van der Waals surface area contributed by atoms with Crippen LogP contribution in [0.1, 0.15) is 37.0 Å². The molecule has 0 radical (unpaired) electrons. The fourth-order valence-electron chi connectivity index (χ4n) is 4.69. The zero-order valence-electron chi connectivity index (χ0n) is 20.1. The maximum Gasteiger partial charge on any atom is 0.255 e. The van der Waals surface area contributed by atoms with Gasteiger partial charge in [0.15, 0.2) is 0 Å². The molecule has 0 aliphatic carbocycles. The van der Waals surface area contributed by atoms with Crippen LogP contribution in [0.4, 0.5) is 4.39 Å². The second kappa shape index (κ2) is 10.6. The van der Waals surface area contributed by atoms with Crippen LogP contribution in [0.5, 0.6) is 5.75 Å². The largest absolute Gasteiger partial charge is 0.493 e. The van der Waals surface area contributed by atoms with Gasteiger partial charge in [-0.05, 0) is 75.0 Å². The van der Waals surface area contributed by atoms with Gasteiger partial charge in [0.05, 0.1) is 13.2 Å². The molecule has 2 aromatic rings. The molecule has 0 bridgehead atoms. The molecule has 1 N–H and O–H groups in total. The number of amides is 2. The Morgan fingerprint density at radius 1 is 1.09 bits per heavy atom. The molecule has 34 heavy (non-hydrogen) atoms. The molecular weight excluding hydrogens is 433 g/mol. The van der Waals surface area contributed by atoms with E-state index in [4.69, 9.17) is 4.74 Å². The lowest BCUT2D eigenvalue weighted by Crippen LogP contribution is -2.50. The summed E-state index contributed by atoms with van der Waals surface area (Å²) in [7, 11) is 0. The van der Waals surface area contributed by atoms with Crippen LogP contribution in [0.25, 0.3) is 11.1 Å². The molecular formula is C27H34FN3O3. The molecule has 7 heteroatoms. The van der Waals surface area contributed by atoms with Crippen molar-refractivity contribution in [1.82, 2.24) is 15.1 Å². The Kier molecular flexibility index (Phi) is 7.51. The Balaban J connectivity index is 1.35. The van der Waals surface area contributed by atoms with Gasteiger partial charge in [0, 0.05) is 25.2 Å². The molecule has 6 nitrogen and oxygen atoms in total. The van der Waals surface area contributed by atoms with Gasteiger partial charge in [-0.25, -0.2) is 4.39 Å². The second-order valence-corrected chi connectivity index (χ2v) is 9.90. The van der Waals surface area contributed by atoms with Gasteiger partial charge in [-0.2, -0.15) is 0 Å². The number of rotatable bonds is 7. The number of nitrogens with one attached hydrogen (secondary N) is 1. The zero-order valence-corrected chi connectivity index (χ0v) is 20.1. The van der Waals surface area contributed by atoms with Crippen molar-refractivity contribution in [1.29, 1.82) is 0 Å². The van der Waals surface area contributed by atoms with Gasteiger partial charge in [-0.3, -0.25) is 9.59 Å². The van der Waals surface area contributed by atoms with E-state index in [2.05, 4.69) is 10.2 Å². The number of hydrogen-bond acceptors (Lipinski definition) is 4. The van der Waals surface area contributed by atoms with E-state index in [1.54, 1.807) is 18.7 Å². The standard InChI is InChI=1S/C27H34FN3O3/c1-27(2,28)19-30-14-11-20(12-15-30)18-34-22-9-7-21(8-10-22)23-5-3-4-6-24(23)26(33)31-16-13-29-25(32)17-31/h3-10,20H,11-19H2,1-2H3,(H,29,32). The molecule has 2 heterocycles. The Labute approximate surface area is 201 Å². The van der Waals surface area contributed by atoms with Crippen LogP contribution < -0.4 is 10.1 Å². The van der Waals surface area contributed by atoms with Gasteiger partial charge < -0.3 is 19.9 Å². The number of likely N-dealkylation sites (tertiary alicyclic amines) is 1. The Hall–Kier alpha value is -2.93. The van der Waals surface area contributed by atoms with Crippen LogP contribution in [0, 0.1) is 5.92 Å². The maximum atomic E-state index is 13.9. The van der Waals surface area contributed by atoms with Gasteiger partial charge in [-0.15, -0.1) is 0 Å². The lowest BCUT2D eigenvalue weighted by atomic mass is 9.96. The molecule has 4 rings (SSSR count). The first kappa shape index (κ1) is 24.2. The number of carbonyl (C=O) groups excluding carboxylic acids is 2. The quantitative estimate of drug-likeness (QED) is 0.674. The summed E-state index contributed by atoms with van der Waals surface area (Å²) in [6.07, 6.45) is 2.02. The number of carbonyl (C=O) groups is 2. The van der Waals surface area contributed by atoms with Gasteiger partial charge >= 0.3 is 0 Å². The molecule has 0 atom stereocenters. The fourth-order valence-corrected chi connectivity index (χ4v) is 4.69. The van der Waals surface area contributed by atoms with Crippen LogP contribution >= 0.6 is 0 Å². The molecule has 2 aromatic carbocycles. The first-order valence-corrected chi connectivity index (χ1v) is 12.1. The van der Waals surface area contributed by atoms with E-state index in [0.29, 0.717) is 37.7 Å². The number of alkyl halides is 1. The number of ether oxygens (including phenoxy) is 1. The van der Waals surface area contributed by atoms with Crippen LogP contribution in [-0.2, 0) is 4.79 Å². The van der Waals surface area contributed by atoms with E-state index in [9.17, 15) is 14.0 Å². The van der Waals surface area contributed by atoms with Crippen LogP contribution in [0.15, 0.2) is 48.5 Å². The lowest BCUT2D eigenvalue weighted by Gasteiger charge is -2.34. The minimum absolute atomic E-state index is 0.0877. The average molecular weight is 468 g/mol. The molecule has 2 amide bonds. The molecule has 2 aliphatic heterocycles. The van der Waals surface area contributed by atoms with E-state index in [-0.39, 0.29) is 18.4 Å². The number of piperazine rings is 1. The maximum absolute atomic E-state index is 13.9. The van der Waals surface area contributed by atoms with Crippen LogP contribution in [0.2, 0.25) is 0 Å². The van der Waals surface area contributed by atoms with E-state index in [1.165, 1.54) is 0 Å². The second-order valence-electron chi connectivity index (χ2n) is 9.90. The summed E-state index contributed by atoms with van der Waals surface area (Å²) in [6, 6.07) is 15.3. The fraction of sp³-hybridized carbons (Fsp3) is 0.481. The monoisotopic (exact) mass is 467 g/mol. The van der Waals surface area contributed by atoms with Crippen molar-refractivity contribution in [2.45, 2.75) is 32.4 Å². The van der Waals surface area contributed by atoms with Crippen molar-refractivity contribution < 1.29 is 18.7 Å². The molecule has 2 aliphatic rings. The third kappa shape index (κ3) is 6.35. The lowest BCUT2D eigenvalue weighted by molar-refractivity contribution is -0.123. The first-order chi connectivity index (χ1) is 16.3. The van der Waals surface area contributed by atoms with Crippen molar-refractivity contribution in [2.75, 3.05) is 45.9 Å². The summed E-state index contributed by atoms with van der Waals surface area (Å²) in [6.45, 7) is 7.29. The highest BCUT2D eigenvalue weighted by molar-refractivity contribution is 6.02. The third-order valence-electron chi connectivity index (χ3n) is 6.44. The normalized spacial score (nSPS) is 18.0. The predicted molar refractivity (Wildman–Crippen MR) is 131 cm³/mol. The van der Waals surface area contributed by atoms with E-state index < -0.39 is 5.67 Å². The number of hydrogen-bond donors (Lipinski definition) is 1. The van der Waals surface area contributed by atoms with E-state index in [1.807, 2.05) is 48.5 Å². The topological polar surface area (TPSA) is 61.9 Å². The Morgan fingerprint density at radius 3 is 2.47 bits per heavy atom. The zero-order chi connectivity index (χ0) is 24.1. The van der Waals surface area contributed by atoms with Gasteiger partial charge in [0.2, 0.25) is 5.91 Å². The van der Waals surface area contributed by atoms with Crippen LogP contribution in [-0.4, -0.2) is 73.2 Å². The SMILES string of the molecule is CC(C)(F)CN1CCC(COc2ccc(-c3ccccc3C(=O)N3CCNC(=O)C3)cc2)CC1. The predicted octanol–water partition coefficient (Wildman–Crippen LogP) is 3.76. The van der Waals surface area contributed by atoms with Crippen molar-refractivity contribution in [3.05, 3.63) is 54.1 Å². The highest BCUT2D eigenvalue weighted by Crippen LogP contribution is 2.28. The number of piperidine rings is 1. The van der Waals surface area contributed by atoms with Crippen LogP contribution in [0.3, 0.4) is 0 Å². The summed E-state index contributed by atoms with van der Waals surface area (Å²) in [5, 5.41) is 2.75. The Bertz CT molecular complexity index is 995. The minimum Gasteiger partial charge on any atom is -0.493 e. The van der Waals surface area contributed by atoms with Crippen molar-refractivity contribution in [3.63, 3.8) is 0 Å². The number of nitrogens with zero attached hydrogens (tertiary/aromatic N) is 2. The molecule has 0 aromatic heterocycles. The third-order valence-corrected chi connectivity index (χ3v) is 6.44. The summed E-state index contributed by atoms with van der Waals surface area (Å²) in [5.74, 6) is 1.01. The van der Waals surface area contributed by atoms with Gasteiger partial charge in [0.1, 0.15) is 11.4 Å². The molecule has 0 saturated carbocycles. The number of benzene rings is 2. The van der Waals surface area contributed by atoms with E-state index >= 15 is 0 Å². The van der Waals surface area contributed by atoms with Crippen molar-refractivity contribution in [2.24, 2.45) is 5.92 Å². The molecule has 0 spiro atoms. The summed E-state index contributed by atoms with van der Waals surface area (Å²) < 4.78 is 19.9. The van der Waals surface area contributed by atoms with Crippen molar-refractivity contribution >= 4 is 11.8 Å². The van der Waals surface area contributed by atoms with Gasteiger partial charge in [-0.1, -0.05) is 30.3 Å². The smallest absolute Gasteiger partial charge is 0.255 e. The van der Waals surface area contributed by atoms with Gasteiger partial charge in [0.25, 0.3) is 5.91 Å². The first-order valence-electron chi connectivity index (χ1n) is 12.1. The molecule has 0 unspecified atom stereocenters. The number of halogens is 1. The van der Waals surface area contributed by atoms with E-state index in [0.717, 1.165) is 42.8 Å². The highest BCUT2D eigenvalue weighted by Gasteiger charge is 2.26.